The van der Waals surface area contributed by atoms with Crippen molar-refractivity contribution in [2.75, 3.05) is 11.4 Å². The zero-order chi connectivity index (χ0) is 17.8. The molecule has 0 unspecified atom stereocenters. The van der Waals surface area contributed by atoms with Crippen molar-refractivity contribution in [3.63, 3.8) is 0 Å². The summed E-state index contributed by atoms with van der Waals surface area (Å²) in [6.07, 6.45) is 4.38. The van der Waals surface area contributed by atoms with Gasteiger partial charge in [-0.05, 0) is 50.8 Å². The highest BCUT2D eigenvalue weighted by atomic mass is 16.1. The van der Waals surface area contributed by atoms with Crippen molar-refractivity contribution in [3.8, 4) is 11.3 Å². The topological polar surface area (TPSA) is 87.9 Å². The van der Waals surface area contributed by atoms with Crippen LogP contribution in [-0.2, 0) is 12.8 Å². The van der Waals surface area contributed by atoms with Gasteiger partial charge in [-0.2, -0.15) is 0 Å². The Labute approximate surface area is 151 Å². The Kier molecular flexibility index (Phi) is 3.29. The van der Waals surface area contributed by atoms with Gasteiger partial charge in [-0.15, -0.1) is 0 Å². The molecule has 26 heavy (non-hydrogen) atoms. The number of hydrogen-bond acceptors (Lipinski definition) is 4. The fourth-order valence-electron chi connectivity index (χ4n) is 4.01. The van der Waals surface area contributed by atoms with Crippen LogP contribution in [0.25, 0.3) is 22.2 Å². The first-order chi connectivity index (χ1) is 12.6. The number of aryl methyl sites for hydroxylation is 1. The van der Waals surface area contributed by atoms with Crippen molar-refractivity contribution in [1.29, 1.82) is 0 Å². The van der Waals surface area contributed by atoms with E-state index in [-0.39, 0.29) is 0 Å². The summed E-state index contributed by atoms with van der Waals surface area (Å²) >= 11 is 0. The Hall–Kier alpha value is -2.89. The van der Waals surface area contributed by atoms with Crippen LogP contribution in [0.5, 0.6) is 0 Å². The Morgan fingerprint density at radius 2 is 2.15 bits per heavy atom. The normalized spacial score (nSPS) is 18.8. The number of hydrogen-bond donors (Lipinski definition) is 2. The van der Waals surface area contributed by atoms with Crippen LogP contribution in [0.15, 0.2) is 24.3 Å². The molecule has 0 saturated carbocycles. The molecule has 2 aliphatic rings. The quantitative estimate of drug-likeness (QED) is 0.762. The van der Waals surface area contributed by atoms with E-state index < -0.39 is 5.91 Å². The van der Waals surface area contributed by atoms with Crippen molar-refractivity contribution in [2.24, 2.45) is 5.73 Å². The van der Waals surface area contributed by atoms with E-state index in [4.69, 9.17) is 15.7 Å². The first-order valence-corrected chi connectivity index (χ1v) is 9.19. The zero-order valence-electron chi connectivity index (χ0n) is 14.7. The molecule has 1 fully saturated rings. The number of aromatic nitrogens is 3. The first kappa shape index (κ1) is 15.4. The Morgan fingerprint density at radius 1 is 1.27 bits per heavy atom. The van der Waals surface area contributed by atoms with Crippen LogP contribution < -0.4 is 10.6 Å². The predicted octanol–water partition coefficient (Wildman–Crippen LogP) is 2.81. The maximum atomic E-state index is 11.4. The summed E-state index contributed by atoms with van der Waals surface area (Å²) in [5.41, 5.74) is 11.3. The maximum Gasteiger partial charge on any atom is 0.265 e. The SMILES string of the molecule is C[C@H]1CCN1c1nc2c(c(-c3ccc4[nH]c(C(N)=O)cc4c3)n1)CCC2. The number of benzene rings is 1. The van der Waals surface area contributed by atoms with Gasteiger partial charge in [0.25, 0.3) is 5.91 Å². The third kappa shape index (κ3) is 2.29. The second-order valence-electron chi connectivity index (χ2n) is 7.33. The lowest BCUT2D eigenvalue weighted by molar-refractivity contribution is 0.0996. The van der Waals surface area contributed by atoms with Gasteiger partial charge in [-0.3, -0.25) is 4.79 Å². The molecule has 3 N–H and O–H groups in total. The van der Waals surface area contributed by atoms with E-state index in [1.807, 2.05) is 6.07 Å². The van der Waals surface area contributed by atoms with Gasteiger partial charge in [0.1, 0.15) is 5.69 Å². The van der Waals surface area contributed by atoms with Gasteiger partial charge in [-0.25, -0.2) is 9.97 Å². The van der Waals surface area contributed by atoms with E-state index in [0.717, 1.165) is 53.9 Å². The van der Waals surface area contributed by atoms with Crippen molar-refractivity contribution < 1.29 is 4.79 Å². The van der Waals surface area contributed by atoms with Crippen LogP contribution in [-0.4, -0.2) is 33.4 Å². The summed E-state index contributed by atoms with van der Waals surface area (Å²) in [7, 11) is 0. The number of nitrogens with two attached hydrogens (primary N) is 1. The lowest BCUT2D eigenvalue weighted by Gasteiger charge is -2.39. The molecule has 1 aliphatic heterocycles. The number of aromatic amines is 1. The second kappa shape index (κ2) is 5.56. The minimum atomic E-state index is -0.445. The highest BCUT2D eigenvalue weighted by molar-refractivity contribution is 5.98. The molecule has 0 radical (unpaired) electrons. The fraction of sp³-hybridized carbons (Fsp3) is 0.350. The van der Waals surface area contributed by atoms with Crippen molar-refractivity contribution in [3.05, 3.63) is 41.2 Å². The van der Waals surface area contributed by atoms with Gasteiger partial charge < -0.3 is 15.6 Å². The standard InChI is InChI=1S/C20H21N5O/c1-11-7-8-25(11)20-23-16-4-2-3-14(16)18(24-20)12-5-6-15-13(9-12)10-17(22-15)19(21)26/h5-6,9-11,22H,2-4,7-8H2,1H3,(H2,21,26)/t11-/m0/s1. The molecule has 3 aromatic rings. The van der Waals surface area contributed by atoms with Crippen molar-refractivity contribution in [1.82, 2.24) is 15.0 Å². The second-order valence-corrected chi connectivity index (χ2v) is 7.33. The smallest absolute Gasteiger partial charge is 0.265 e. The number of primary amides is 1. The molecule has 1 aromatic carbocycles. The van der Waals surface area contributed by atoms with Crippen molar-refractivity contribution in [2.45, 2.75) is 38.6 Å². The summed E-state index contributed by atoms with van der Waals surface area (Å²) in [6, 6.07) is 8.46. The fourth-order valence-corrected chi connectivity index (χ4v) is 4.01. The molecule has 1 atom stereocenters. The zero-order valence-corrected chi connectivity index (χ0v) is 14.7. The van der Waals surface area contributed by atoms with Crippen LogP contribution in [0.2, 0.25) is 0 Å². The number of amides is 1. The number of carbonyl (C=O) groups excluding carboxylic acids is 1. The largest absolute Gasteiger partial charge is 0.364 e. The average Bonchev–Trinajstić information content (AvgIpc) is 3.25. The molecule has 1 amide bonds. The molecule has 1 saturated heterocycles. The summed E-state index contributed by atoms with van der Waals surface area (Å²) in [5.74, 6) is 0.408. The molecule has 1 aliphatic carbocycles. The molecule has 3 heterocycles. The van der Waals surface area contributed by atoms with E-state index in [1.54, 1.807) is 6.07 Å². The minimum Gasteiger partial charge on any atom is -0.364 e. The molecule has 6 nitrogen and oxygen atoms in total. The molecular formula is C20H21N5O. The van der Waals surface area contributed by atoms with Crippen LogP contribution in [0.3, 0.4) is 0 Å². The molecular weight excluding hydrogens is 326 g/mol. The van der Waals surface area contributed by atoms with Crippen LogP contribution >= 0.6 is 0 Å². The third-order valence-corrected chi connectivity index (χ3v) is 5.66. The highest BCUT2D eigenvalue weighted by Gasteiger charge is 2.29. The van der Waals surface area contributed by atoms with Gasteiger partial charge >= 0.3 is 0 Å². The number of H-pyrrole nitrogens is 1. The van der Waals surface area contributed by atoms with Crippen LogP contribution in [0, 0.1) is 0 Å². The van der Waals surface area contributed by atoms with E-state index in [2.05, 4.69) is 28.9 Å². The van der Waals surface area contributed by atoms with Gasteiger partial charge in [0.2, 0.25) is 5.95 Å². The molecule has 0 spiro atoms. The summed E-state index contributed by atoms with van der Waals surface area (Å²) in [5, 5.41) is 0.973. The molecule has 5 rings (SSSR count). The average molecular weight is 347 g/mol. The number of rotatable bonds is 3. The number of fused-ring (bicyclic) bond motifs is 2. The van der Waals surface area contributed by atoms with Crippen LogP contribution in [0.4, 0.5) is 5.95 Å². The number of carbonyl (C=O) groups is 1. The molecule has 132 valence electrons. The minimum absolute atomic E-state index is 0.431. The monoisotopic (exact) mass is 347 g/mol. The van der Waals surface area contributed by atoms with E-state index in [9.17, 15) is 4.79 Å². The molecule has 6 heteroatoms. The van der Waals surface area contributed by atoms with Gasteiger partial charge in [0.15, 0.2) is 0 Å². The third-order valence-electron chi connectivity index (χ3n) is 5.66. The van der Waals surface area contributed by atoms with Gasteiger partial charge in [-0.1, -0.05) is 6.07 Å². The van der Waals surface area contributed by atoms with Crippen LogP contribution in [0.1, 0.15) is 41.5 Å². The summed E-state index contributed by atoms with van der Waals surface area (Å²) in [6.45, 7) is 3.25. The first-order valence-electron chi connectivity index (χ1n) is 9.19. The Morgan fingerprint density at radius 3 is 2.88 bits per heavy atom. The molecule has 0 bridgehead atoms. The van der Waals surface area contributed by atoms with E-state index in [1.165, 1.54) is 17.7 Å². The highest BCUT2D eigenvalue weighted by Crippen LogP contribution is 2.35. The Balaban J connectivity index is 1.64. The number of anilines is 1. The lowest BCUT2D eigenvalue weighted by atomic mass is 10.0. The van der Waals surface area contributed by atoms with Crippen molar-refractivity contribution >= 4 is 22.8 Å². The maximum absolute atomic E-state index is 11.4. The van der Waals surface area contributed by atoms with E-state index >= 15 is 0 Å². The van der Waals surface area contributed by atoms with E-state index in [0.29, 0.717) is 11.7 Å². The Bertz CT molecular complexity index is 1040. The van der Waals surface area contributed by atoms with Gasteiger partial charge in [0.05, 0.1) is 5.69 Å². The summed E-state index contributed by atoms with van der Waals surface area (Å²) in [4.78, 5) is 26.6. The molecule has 2 aromatic heterocycles. The lowest BCUT2D eigenvalue weighted by Crippen LogP contribution is -2.46. The summed E-state index contributed by atoms with van der Waals surface area (Å²) < 4.78 is 0. The number of nitrogens with one attached hydrogen (secondary N) is 1. The van der Waals surface area contributed by atoms with Gasteiger partial charge in [0, 0.05) is 40.3 Å². The number of nitrogens with zero attached hydrogens (tertiary/aromatic N) is 3. The predicted molar refractivity (Wildman–Crippen MR) is 101 cm³/mol.